The van der Waals surface area contributed by atoms with E-state index in [1.165, 1.54) is 12.3 Å². The van der Waals surface area contributed by atoms with Gasteiger partial charge in [0, 0.05) is 24.7 Å². The third-order valence-corrected chi connectivity index (χ3v) is 3.23. The van der Waals surface area contributed by atoms with Crippen molar-refractivity contribution in [1.82, 2.24) is 15.6 Å². The Morgan fingerprint density at radius 3 is 2.65 bits per heavy atom. The molecular weight excluding hydrogens is 294 g/mol. The number of rotatable bonds is 8. The lowest BCUT2D eigenvalue weighted by Crippen LogP contribution is -2.41. The number of amides is 1. The van der Waals surface area contributed by atoms with Gasteiger partial charge in [-0.15, -0.1) is 0 Å². The highest BCUT2D eigenvalue weighted by Gasteiger charge is 2.15. The summed E-state index contributed by atoms with van der Waals surface area (Å²) >= 11 is 0. The Labute approximate surface area is 137 Å². The molecule has 6 nitrogen and oxygen atoms in total. The molecule has 0 saturated heterocycles. The molecule has 1 heterocycles. The van der Waals surface area contributed by atoms with Crippen LogP contribution < -0.4 is 10.6 Å². The van der Waals surface area contributed by atoms with Crippen LogP contribution in [0.25, 0.3) is 0 Å². The number of pyridine rings is 1. The average molecular weight is 321 g/mol. The monoisotopic (exact) mass is 321 g/mol. The van der Waals surface area contributed by atoms with Crippen LogP contribution in [-0.2, 0) is 11.3 Å². The standard InChI is InChI=1S/C17H27N3O3/c1-12(9-15(21)20-17(2,3)4)5-7-18-11-14-10-13(16(22)23)6-8-19-14/h6,8,10,12,18H,5,7,9,11H2,1-4H3,(H,20,21)(H,22,23). The van der Waals surface area contributed by atoms with Crippen molar-refractivity contribution in [2.24, 2.45) is 5.92 Å². The maximum atomic E-state index is 11.8. The van der Waals surface area contributed by atoms with E-state index in [0.29, 0.717) is 18.7 Å². The smallest absolute Gasteiger partial charge is 0.335 e. The van der Waals surface area contributed by atoms with Crippen molar-refractivity contribution in [1.29, 1.82) is 0 Å². The zero-order chi connectivity index (χ0) is 17.5. The molecule has 0 aromatic carbocycles. The van der Waals surface area contributed by atoms with Crippen LogP contribution in [0.2, 0.25) is 0 Å². The summed E-state index contributed by atoms with van der Waals surface area (Å²) in [7, 11) is 0. The summed E-state index contributed by atoms with van der Waals surface area (Å²) in [6.07, 6.45) is 2.88. The molecule has 0 aliphatic heterocycles. The van der Waals surface area contributed by atoms with Gasteiger partial charge in [-0.05, 0) is 51.8 Å². The van der Waals surface area contributed by atoms with Crippen molar-refractivity contribution in [3.8, 4) is 0 Å². The summed E-state index contributed by atoms with van der Waals surface area (Å²) in [5.74, 6) is -0.601. The average Bonchev–Trinajstić information content (AvgIpc) is 2.41. The van der Waals surface area contributed by atoms with Gasteiger partial charge in [0.2, 0.25) is 5.91 Å². The minimum atomic E-state index is -0.952. The van der Waals surface area contributed by atoms with Crippen molar-refractivity contribution in [2.45, 2.75) is 52.6 Å². The number of aromatic carboxylic acids is 1. The molecule has 1 unspecified atom stereocenters. The second kappa shape index (κ2) is 8.62. The number of carbonyl (C=O) groups excluding carboxylic acids is 1. The van der Waals surface area contributed by atoms with Gasteiger partial charge in [0.1, 0.15) is 0 Å². The summed E-state index contributed by atoms with van der Waals surface area (Å²) in [6, 6.07) is 3.04. The number of nitrogens with zero attached hydrogens (tertiary/aromatic N) is 1. The zero-order valence-corrected chi connectivity index (χ0v) is 14.3. The maximum Gasteiger partial charge on any atom is 0.335 e. The normalized spacial score (nSPS) is 12.7. The van der Waals surface area contributed by atoms with Gasteiger partial charge >= 0.3 is 5.97 Å². The molecule has 1 rings (SSSR count). The first-order chi connectivity index (χ1) is 10.7. The fraction of sp³-hybridized carbons (Fsp3) is 0.588. The van der Waals surface area contributed by atoms with E-state index >= 15 is 0 Å². The van der Waals surface area contributed by atoms with Gasteiger partial charge in [-0.25, -0.2) is 4.79 Å². The highest BCUT2D eigenvalue weighted by Crippen LogP contribution is 2.09. The minimum absolute atomic E-state index is 0.0702. The summed E-state index contributed by atoms with van der Waals surface area (Å²) in [5, 5.41) is 15.1. The number of aromatic nitrogens is 1. The van der Waals surface area contributed by atoms with E-state index in [1.54, 1.807) is 6.07 Å². The number of carboxylic acid groups (broad SMARTS) is 1. The van der Waals surface area contributed by atoms with E-state index in [9.17, 15) is 9.59 Å². The number of carboxylic acids is 1. The van der Waals surface area contributed by atoms with Crippen LogP contribution in [0.1, 0.15) is 56.6 Å². The number of carbonyl (C=O) groups is 2. The van der Waals surface area contributed by atoms with Gasteiger partial charge < -0.3 is 15.7 Å². The van der Waals surface area contributed by atoms with Gasteiger partial charge in [0.25, 0.3) is 0 Å². The van der Waals surface area contributed by atoms with Gasteiger partial charge in [-0.1, -0.05) is 6.92 Å². The Morgan fingerprint density at radius 2 is 2.04 bits per heavy atom. The fourth-order valence-electron chi connectivity index (χ4n) is 2.16. The molecule has 0 aliphatic rings. The van der Waals surface area contributed by atoms with Crippen molar-refractivity contribution in [2.75, 3.05) is 6.54 Å². The highest BCUT2D eigenvalue weighted by atomic mass is 16.4. The first-order valence-electron chi connectivity index (χ1n) is 7.87. The van der Waals surface area contributed by atoms with E-state index in [-0.39, 0.29) is 22.9 Å². The quantitative estimate of drug-likeness (QED) is 0.639. The van der Waals surface area contributed by atoms with E-state index < -0.39 is 5.97 Å². The Kier molecular flexibility index (Phi) is 7.16. The zero-order valence-electron chi connectivity index (χ0n) is 14.3. The lowest BCUT2D eigenvalue weighted by Gasteiger charge is -2.22. The summed E-state index contributed by atoms with van der Waals surface area (Å²) in [4.78, 5) is 26.9. The van der Waals surface area contributed by atoms with Gasteiger partial charge in [-0.2, -0.15) is 0 Å². The Bertz CT molecular complexity index is 538. The van der Waals surface area contributed by atoms with Gasteiger partial charge in [-0.3, -0.25) is 9.78 Å². The lowest BCUT2D eigenvalue weighted by atomic mass is 10.0. The number of hydrogen-bond acceptors (Lipinski definition) is 4. The van der Waals surface area contributed by atoms with Crippen molar-refractivity contribution >= 4 is 11.9 Å². The second-order valence-corrected chi connectivity index (χ2v) is 6.91. The lowest BCUT2D eigenvalue weighted by molar-refractivity contribution is -0.123. The minimum Gasteiger partial charge on any atom is -0.478 e. The molecule has 0 saturated carbocycles. The summed E-state index contributed by atoms with van der Waals surface area (Å²) in [6.45, 7) is 9.22. The molecular formula is C17H27N3O3. The molecule has 1 aromatic heterocycles. The molecule has 1 amide bonds. The third-order valence-electron chi connectivity index (χ3n) is 3.23. The first-order valence-corrected chi connectivity index (χ1v) is 7.87. The summed E-state index contributed by atoms with van der Waals surface area (Å²) in [5.41, 5.74) is 0.739. The summed E-state index contributed by atoms with van der Waals surface area (Å²) < 4.78 is 0. The van der Waals surface area contributed by atoms with E-state index in [0.717, 1.165) is 13.0 Å². The van der Waals surface area contributed by atoms with E-state index in [2.05, 4.69) is 15.6 Å². The van der Waals surface area contributed by atoms with Crippen molar-refractivity contribution in [3.05, 3.63) is 29.6 Å². The molecule has 0 bridgehead atoms. The first kappa shape index (κ1) is 19.1. The molecule has 3 N–H and O–H groups in total. The molecule has 6 heteroatoms. The second-order valence-electron chi connectivity index (χ2n) is 6.91. The molecule has 0 radical (unpaired) electrons. The molecule has 23 heavy (non-hydrogen) atoms. The van der Waals surface area contributed by atoms with Crippen LogP contribution in [0, 0.1) is 5.92 Å². The van der Waals surface area contributed by atoms with E-state index in [4.69, 9.17) is 5.11 Å². The predicted octanol–water partition coefficient (Wildman–Crippen LogP) is 2.20. The third kappa shape index (κ3) is 8.30. The number of hydrogen-bond donors (Lipinski definition) is 3. The largest absolute Gasteiger partial charge is 0.478 e. The van der Waals surface area contributed by atoms with Crippen molar-refractivity contribution < 1.29 is 14.7 Å². The number of nitrogens with one attached hydrogen (secondary N) is 2. The maximum absolute atomic E-state index is 11.8. The van der Waals surface area contributed by atoms with Crippen LogP contribution in [0.15, 0.2) is 18.3 Å². The van der Waals surface area contributed by atoms with Crippen LogP contribution in [-0.4, -0.2) is 34.1 Å². The van der Waals surface area contributed by atoms with Crippen LogP contribution in [0.5, 0.6) is 0 Å². The topological polar surface area (TPSA) is 91.3 Å². The molecule has 1 atom stereocenters. The Balaban J connectivity index is 2.28. The molecule has 128 valence electrons. The molecule has 0 aliphatic carbocycles. The molecule has 0 spiro atoms. The van der Waals surface area contributed by atoms with Gasteiger partial charge in [0.15, 0.2) is 0 Å². The predicted molar refractivity (Wildman–Crippen MR) is 89.2 cm³/mol. The van der Waals surface area contributed by atoms with Crippen molar-refractivity contribution in [3.63, 3.8) is 0 Å². The van der Waals surface area contributed by atoms with E-state index in [1.807, 2.05) is 27.7 Å². The van der Waals surface area contributed by atoms with Crippen LogP contribution in [0.4, 0.5) is 0 Å². The molecule has 0 fully saturated rings. The Hall–Kier alpha value is -1.95. The Morgan fingerprint density at radius 1 is 1.35 bits per heavy atom. The fourth-order valence-corrected chi connectivity index (χ4v) is 2.16. The SMILES string of the molecule is CC(CCNCc1cc(C(=O)O)ccn1)CC(=O)NC(C)(C)C. The van der Waals surface area contributed by atoms with Gasteiger partial charge in [0.05, 0.1) is 11.3 Å². The molecule has 1 aromatic rings. The van der Waals surface area contributed by atoms with Crippen LogP contribution >= 0.6 is 0 Å². The highest BCUT2D eigenvalue weighted by molar-refractivity contribution is 5.87. The van der Waals surface area contributed by atoms with Crippen LogP contribution in [0.3, 0.4) is 0 Å².